The Morgan fingerprint density at radius 2 is 0.903 bits per heavy atom. The van der Waals surface area contributed by atoms with Crippen molar-refractivity contribution in [3.8, 4) is 0 Å². The van der Waals surface area contributed by atoms with E-state index in [4.69, 9.17) is 0 Å². The number of alkyl halides is 14. The number of aliphatic hydroxyl groups is 1. The molecule has 1 rings (SSSR count). The lowest BCUT2D eigenvalue weighted by atomic mass is 9.83. The highest BCUT2D eigenvalue weighted by Crippen LogP contribution is 2.57. The molecule has 0 aliphatic carbocycles. The van der Waals surface area contributed by atoms with Crippen LogP contribution in [0.5, 0.6) is 0 Å². The lowest BCUT2D eigenvalue weighted by molar-refractivity contribution is -0.361. The van der Waals surface area contributed by atoms with Crippen LogP contribution >= 0.6 is 0 Å². The maximum Gasteiger partial charge on any atom is 0.460 e. The van der Waals surface area contributed by atoms with Gasteiger partial charge in [0.25, 0.3) is 0 Å². The molecule has 1 aromatic carbocycles. The maximum absolute atomic E-state index is 14.2. The average molecular weight is 486 g/mol. The van der Waals surface area contributed by atoms with Crippen molar-refractivity contribution in [1.82, 2.24) is 0 Å². The Morgan fingerprint density at radius 3 is 1.13 bits per heavy atom. The van der Waals surface area contributed by atoms with E-state index < -0.39 is 64.8 Å². The molecule has 1 aromatic rings. The zero-order valence-corrected chi connectivity index (χ0v) is 15.1. The predicted octanol–water partition coefficient (Wildman–Crippen LogP) is 6.95. The molecule has 1 atom stereocenters. The summed E-state index contributed by atoms with van der Waals surface area (Å²) in [6.07, 6.45) is -16.8. The van der Waals surface area contributed by atoms with Gasteiger partial charge < -0.3 is 5.11 Å². The van der Waals surface area contributed by atoms with Crippen molar-refractivity contribution in [1.29, 1.82) is 0 Å². The molecule has 0 aliphatic rings. The van der Waals surface area contributed by atoms with Crippen LogP contribution in [0.15, 0.2) is 18.2 Å². The zero-order chi connectivity index (χ0) is 25.0. The summed E-state index contributed by atoms with van der Waals surface area (Å²) >= 11 is 0. The van der Waals surface area contributed by atoms with Gasteiger partial charge >= 0.3 is 36.0 Å². The average Bonchev–Trinajstić information content (AvgIpc) is 2.57. The van der Waals surface area contributed by atoms with E-state index in [0.29, 0.717) is 0 Å². The molecular weight excluding hydrogens is 474 g/mol. The second-order valence-corrected chi connectivity index (χ2v) is 6.75. The highest BCUT2D eigenvalue weighted by molar-refractivity contribution is 5.44. The highest BCUT2D eigenvalue weighted by atomic mass is 19.4. The third kappa shape index (κ3) is 4.16. The Bertz CT molecular complexity index is 734. The molecule has 0 heterocycles. The van der Waals surface area contributed by atoms with Crippen molar-refractivity contribution in [3.63, 3.8) is 0 Å². The number of aliphatic hydroxyl groups excluding tert-OH is 1. The van der Waals surface area contributed by atoms with E-state index in [1.165, 1.54) is 0 Å². The minimum Gasteiger partial charge on any atom is -0.388 e. The first-order chi connectivity index (χ1) is 13.5. The number of benzene rings is 1. The fraction of sp³-hybridized carbons (Fsp3) is 0.625. The van der Waals surface area contributed by atoms with Gasteiger partial charge in [0.2, 0.25) is 0 Å². The van der Waals surface area contributed by atoms with Crippen molar-refractivity contribution in [3.05, 3.63) is 34.9 Å². The van der Waals surface area contributed by atoms with Gasteiger partial charge in [0, 0.05) is 11.1 Å². The Balaban J connectivity index is 4.06. The minimum absolute atomic E-state index is 0.137. The van der Waals surface area contributed by atoms with Gasteiger partial charge in [-0.25, -0.2) is 0 Å². The molecule has 1 nitrogen and oxygen atoms in total. The maximum atomic E-state index is 14.2. The summed E-state index contributed by atoms with van der Waals surface area (Å²) in [5.41, 5.74) is -7.68. The second kappa shape index (κ2) is 7.66. The van der Waals surface area contributed by atoms with Crippen LogP contribution < -0.4 is 0 Å². The summed E-state index contributed by atoms with van der Waals surface area (Å²) in [5, 5.41) is 9.90. The summed E-state index contributed by atoms with van der Waals surface area (Å²) < 4.78 is 185. The third-order valence-electron chi connectivity index (χ3n) is 4.21. The topological polar surface area (TPSA) is 20.2 Å². The highest BCUT2D eigenvalue weighted by Gasteiger charge is 2.76. The van der Waals surface area contributed by atoms with E-state index in [1.54, 1.807) is 0 Å². The molecule has 180 valence electrons. The number of halogens is 14. The second-order valence-electron chi connectivity index (χ2n) is 6.75. The van der Waals surface area contributed by atoms with Crippen LogP contribution in [0.3, 0.4) is 0 Å². The number of rotatable bonds is 6. The monoisotopic (exact) mass is 486 g/mol. The molecule has 0 fully saturated rings. The van der Waals surface area contributed by atoms with Gasteiger partial charge in [0.1, 0.15) is 0 Å². The lowest BCUT2D eigenvalue weighted by Crippen LogP contribution is -2.52. The lowest BCUT2D eigenvalue weighted by Gasteiger charge is -2.35. The Hall–Kier alpha value is -1.80. The van der Waals surface area contributed by atoms with Gasteiger partial charge in [-0.15, -0.1) is 0 Å². The van der Waals surface area contributed by atoms with Crippen LogP contribution in [0, 0.1) is 5.92 Å². The minimum atomic E-state index is -6.98. The number of hydrogen-bond donors (Lipinski definition) is 1. The first kappa shape index (κ1) is 27.2. The fourth-order valence-corrected chi connectivity index (χ4v) is 2.46. The normalized spacial score (nSPS) is 16.1. The van der Waals surface area contributed by atoms with Gasteiger partial charge in [-0.2, -0.15) is 61.5 Å². The molecule has 0 bridgehead atoms. The van der Waals surface area contributed by atoms with E-state index in [0.717, 1.165) is 13.8 Å². The van der Waals surface area contributed by atoms with Crippen molar-refractivity contribution in [2.24, 2.45) is 5.92 Å². The van der Waals surface area contributed by atoms with E-state index in [1.807, 2.05) is 0 Å². The molecule has 0 amide bonds. The summed E-state index contributed by atoms with van der Waals surface area (Å²) in [4.78, 5) is 0. The van der Waals surface area contributed by atoms with Crippen LogP contribution in [0.2, 0.25) is 0 Å². The smallest absolute Gasteiger partial charge is 0.388 e. The molecule has 15 heteroatoms. The van der Waals surface area contributed by atoms with Crippen molar-refractivity contribution in [2.75, 3.05) is 0 Å². The molecule has 1 unspecified atom stereocenters. The van der Waals surface area contributed by atoms with Crippen LogP contribution in [-0.4, -0.2) is 29.3 Å². The van der Waals surface area contributed by atoms with Crippen molar-refractivity contribution < 1.29 is 66.6 Å². The van der Waals surface area contributed by atoms with Gasteiger partial charge in [-0.1, -0.05) is 32.0 Å². The fourth-order valence-electron chi connectivity index (χ4n) is 2.46. The van der Waals surface area contributed by atoms with Crippen molar-refractivity contribution >= 4 is 0 Å². The van der Waals surface area contributed by atoms with E-state index in [2.05, 4.69) is 0 Å². The molecular formula is C16H12F14O. The van der Waals surface area contributed by atoms with Crippen LogP contribution in [-0.2, 0) is 11.8 Å². The first-order valence-electron chi connectivity index (χ1n) is 7.92. The largest absolute Gasteiger partial charge is 0.460 e. The Morgan fingerprint density at radius 1 is 0.613 bits per heavy atom. The summed E-state index contributed by atoms with van der Waals surface area (Å²) in [6, 6.07) is -0.764. The predicted molar refractivity (Wildman–Crippen MR) is 76.0 cm³/mol. The SMILES string of the molecule is CC(C)C(O)c1c(C(F)(F)C(F)(F)C(F)(F)F)cccc1C(F)(F)C(F)(F)C(F)(F)F. The van der Waals surface area contributed by atoms with Gasteiger partial charge in [0.05, 0.1) is 6.10 Å². The Kier molecular flexibility index (Phi) is 6.73. The van der Waals surface area contributed by atoms with Gasteiger partial charge in [-0.05, 0) is 11.5 Å². The van der Waals surface area contributed by atoms with Gasteiger partial charge in [0.15, 0.2) is 0 Å². The van der Waals surface area contributed by atoms with Crippen LogP contribution in [0.25, 0.3) is 0 Å². The van der Waals surface area contributed by atoms with Crippen LogP contribution in [0.4, 0.5) is 61.5 Å². The molecule has 0 aliphatic heterocycles. The van der Waals surface area contributed by atoms with E-state index >= 15 is 0 Å². The molecule has 31 heavy (non-hydrogen) atoms. The summed E-state index contributed by atoms with van der Waals surface area (Å²) in [6.45, 7) is 1.65. The van der Waals surface area contributed by atoms with Gasteiger partial charge in [-0.3, -0.25) is 0 Å². The quantitative estimate of drug-likeness (QED) is 0.432. The first-order valence-corrected chi connectivity index (χ1v) is 7.92. The third-order valence-corrected chi connectivity index (χ3v) is 4.21. The standard InChI is InChI=1S/C16H12F14O/c1-6(2)10(31)9-7(11(17,18)13(21,22)15(25,26)27)4-3-5-8(9)12(19,20)14(23,24)16(28,29)30/h3-6,10,31H,1-2H3. The van der Waals surface area contributed by atoms with Crippen molar-refractivity contribution in [2.45, 2.75) is 56.0 Å². The molecule has 0 aromatic heterocycles. The Labute approximate surface area is 164 Å². The van der Waals surface area contributed by atoms with E-state index in [-0.39, 0.29) is 18.2 Å². The molecule has 0 radical (unpaired) electrons. The molecule has 0 saturated heterocycles. The summed E-state index contributed by atoms with van der Waals surface area (Å²) in [5.74, 6) is -28.4. The summed E-state index contributed by atoms with van der Waals surface area (Å²) in [7, 11) is 0. The molecule has 0 spiro atoms. The van der Waals surface area contributed by atoms with Crippen LogP contribution in [0.1, 0.15) is 36.6 Å². The number of hydrogen-bond acceptors (Lipinski definition) is 1. The molecule has 0 saturated carbocycles. The zero-order valence-electron chi connectivity index (χ0n) is 15.1. The van der Waals surface area contributed by atoms with E-state index in [9.17, 15) is 66.6 Å². The molecule has 1 N–H and O–H groups in total.